The molecule has 2 unspecified atom stereocenters. The summed E-state index contributed by atoms with van der Waals surface area (Å²) in [6.45, 7) is 7.75. The number of hydrogen-bond acceptors (Lipinski definition) is 8. The highest BCUT2D eigenvalue weighted by Gasteiger charge is 2.34. The van der Waals surface area contributed by atoms with Gasteiger partial charge in [-0.3, -0.25) is 13.9 Å². The van der Waals surface area contributed by atoms with Crippen LogP contribution in [0.25, 0.3) is 22.4 Å². The number of aliphatic hydroxyl groups excluding tert-OH is 1. The van der Waals surface area contributed by atoms with E-state index in [1.165, 1.54) is 11.4 Å². The van der Waals surface area contributed by atoms with Gasteiger partial charge in [0.05, 0.1) is 42.4 Å². The van der Waals surface area contributed by atoms with Gasteiger partial charge >= 0.3 is 0 Å². The molecular formula is C36H48N4O7S. The number of aliphatic hydroxyl groups is 1. The first-order valence-electron chi connectivity index (χ1n) is 16.4. The molecule has 0 spiro atoms. The largest absolute Gasteiger partial charge is 0.437 e. The molecule has 1 aromatic carbocycles. The molecule has 2 heterocycles. The van der Waals surface area contributed by atoms with Crippen LogP contribution in [-0.2, 0) is 19.6 Å². The number of nitrogens with one attached hydrogen (secondary N) is 2. The van der Waals surface area contributed by atoms with Gasteiger partial charge in [0.1, 0.15) is 11.6 Å². The Bertz CT molecular complexity index is 1740. The van der Waals surface area contributed by atoms with Gasteiger partial charge in [-0.15, -0.1) is 0 Å². The molecular weight excluding hydrogens is 632 g/mol. The highest BCUT2D eigenvalue weighted by molar-refractivity contribution is 7.92. The second kappa shape index (κ2) is 16.4. The van der Waals surface area contributed by atoms with Crippen LogP contribution in [0.1, 0.15) is 72.9 Å². The molecule has 1 aliphatic rings. The van der Waals surface area contributed by atoms with Gasteiger partial charge in [0.15, 0.2) is 0 Å². The van der Waals surface area contributed by atoms with E-state index in [1.54, 1.807) is 13.1 Å². The SMILES string of the molecule is C=CC(=CC)CC(CO)NC(=O)C(CCCCN(c1nc2oc(-c3ccc(C)cc3)c(C(=O)NC)c2cc1C1CC1)S(C)(=O)=O)COC. The van der Waals surface area contributed by atoms with Crippen LogP contribution >= 0.6 is 0 Å². The number of carbonyl (C=O) groups is 2. The number of anilines is 1. The zero-order valence-electron chi connectivity index (χ0n) is 28.5. The van der Waals surface area contributed by atoms with Crippen molar-refractivity contribution in [2.24, 2.45) is 5.92 Å². The number of hydrogen-bond donors (Lipinski definition) is 3. The fourth-order valence-electron chi connectivity index (χ4n) is 5.83. The predicted octanol–water partition coefficient (Wildman–Crippen LogP) is 5.24. The molecule has 12 heteroatoms. The molecule has 4 rings (SSSR count). The summed E-state index contributed by atoms with van der Waals surface area (Å²) >= 11 is 0. The standard InChI is InChI=1S/C36H48N4O7S/c1-7-24(8-2)19-28(21-41)38-34(42)27(22-46-5)11-9-10-18-40(48(6,44)45)33-29(25-16-17-25)20-30-31(35(43)37-4)32(47-36(30)39-33)26-14-12-23(3)13-15-26/h7-8,12-15,20,25,27-28,41H,1,9-11,16-19,21-22H2,2-6H3,(H,37,43)(H,38,42). The maximum Gasteiger partial charge on any atom is 0.255 e. The molecule has 1 fully saturated rings. The molecule has 2 amide bonds. The Morgan fingerprint density at radius 2 is 1.94 bits per heavy atom. The highest BCUT2D eigenvalue weighted by Crippen LogP contribution is 2.46. The monoisotopic (exact) mass is 680 g/mol. The van der Waals surface area contributed by atoms with E-state index >= 15 is 0 Å². The zero-order chi connectivity index (χ0) is 35.0. The maximum atomic E-state index is 13.2. The van der Waals surface area contributed by atoms with E-state index in [9.17, 15) is 23.1 Å². The topological polar surface area (TPSA) is 151 Å². The lowest BCUT2D eigenvalue weighted by Gasteiger charge is -2.24. The van der Waals surface area contributed by atoms with Crippen molar-refractivity contribution >= 4 is 38.8 Å². The molecule has 0 radical (unpaired) electrons. The smallest absolute Gasteiger partial charge is 0.255 e. The number of rotatable bonds is 18. The number of furan rings is 1. The zero-order valence-corrected chi connectivity index (χ0v) is 29.4. The normalized spacial score (nSPS) is 14.8. The van der Waals surface area contributed by atoms with Crippen LogP contribution < -0.4 is 14.9 Å². The van der Waals surface area contributed by atoms with Crippen molar-refractivity contribution in [3.63, 3.8) is 0 Å². The number of benzene rings is 1. The molecule has 260 valence electrons. The Morgan fingerprint density at radius 3 is 2.50 bits per heavy atom. The van der Waals surface area contributed by atoms with E-state index in [-0.39, 0.29) is 43.2 Å². The summed E-state index contributed by atoms with van der Waals surface area (Å²) in [5.74, 6) is -0.222. The molecule has 1 saturated carbocycles. The van der Waals surface area contributed by atoms with E-state index < -0.39 is 22.0 Å². The number of sulfonamides is 1. The van der Waals surface area contributed by atoms with E-state index in [0.717, 1.165) is 41.4 Å². The molecule has 0 aliphatic heterocycles. The lowest BCUT2D eigenvalue weighted by Crippen LogP contribution is -2.42. The first-order chi connectivity index (χ1) is 22.9. The first kappa shape index (κ1) is 36.8. The number of fused-ring (bicyclic) bond motifs is 1. The van der Waals surface area contributed by atoms with Crippen molar-refractivity contribution in [1.82, 2.24) is 15.6 Å². The van der Waals surface area contributed by atoms with Crippen molar-refractivity contribution < 1.29 is 32.3 Å². The highest BCUT2D eigenvalue weighted by atomic mass is 32.2. The van der Waals surface area contributed by atoms with Crippen molar-refractivity contribution in [3.05, 3.63) is 71.3 Å². The molecule has 0 saturated heterocycles. The second-order valence-electron chi connectivity index (χ2n) is 12.4. The summed E-state index contributed by atoms with van der Waals surface area (Å²) in [6, 6.07) is 9.04. The van der Waals surface area contributed by atoms with Gasteiger partial charge in [-0.2, -0.15) is 4.98 Å². The molecule has 3 N–H and O–H groups in total. The van der Waals surface area contributed by atoms with Gasteiger partial charge in [0.25, 0.3) is 5.91 Å². The van der Waals surface area contributed by atoms with Gasteiger partial charge in [0.2, 0.25) is 21.6 Å². The minimum atomic E-state index is -3.75. The predicted molar refractivity (Wildman–Crippen MR) is 189 cm³/mol. The van der Waals surface area contributed by atoms with Crippen LogP contribution in [0.2, 0.25) is 0 Å². The Kier molecular flexibility index (Phi) is 12.6. The summed E-state index contributed by atoms with van der Waals surface area (Å²) in [5.41, 5.74) is 4.01. The minimum absolute atomic E-state index is 0.120. The second-order valence-corrected chi connectivity index (χ2v) is 14.3. The number of amides is 2. The van der Waals surface area contributed by atoms with Crippen molar-refractivity contribution in [2.75, 3.05) is 44.5 Å². The van der Waals surface area contributed by atoms with Gasteiger partial charge in [-0.05, 0) is 63.5 Å². The summed E-state index contributed by atoms with van der Waals surface area (Å²) in [4.78, 5) is 31.1. The average Bonchev–Trinajstić information content (AvgIpc) is 3.85. The molecule has 2 atom stereocenters. The van der Waals surface area contributed by atoms with Gasteiger partial charge < -0.3 is 24.9 Å². The van der Waals surface area contributed by atoms with Crippen molar-refractivity contribution in [1.29, 1.82) is 0 Å². The number of methoxy groups -OCH3 is 1. The molecule has 11 nitrogen and oxygen atoms in total. The summed E-state index contributed by atoms with van der Waals surface area (Å²) < 4.78 is 39.3. The lowest BCUT2D eigenvalue weighted by atomic mass is 10.00. The third kappa shape index (κ3) is 8.91. The third-order valence-corrected chi connectivity index (χ3v) is 9.85. The molecule has 48 heavy (non-hydrogen) atoms. The summed E-state index contributed by atoms with van der Waals surface area (Å²) in [5, 5.41) is 16.0. The minimum Gasteiger partial charge on any atom is -0.437 e. The van der Waals surface area contributed by atoms with Gasteiger partial charge in [0, 0.05) is 26.3 Å². The number of nitrogens with zero attached hydrogens (tertiary/aromatic N) is 2. The maximum absolute atomic E-state index is 13.2. The average molecular weight is 681 g/mol. The van der Waals surface area contributed by atoms with E-state index in [4.69, 9.17) is 14.1 Å². The molecule has 1 aliphatic carbocycles. The number of aromatic nitrogens is 1. The molecule has 0 bridgehead atoms. The Hall–Kier alpha value is -4.00. The van der Waals surface area contributed by atoms with Crippen LogP contribution in [0.5, 0.6) is 0 Å². The molecule has 2 aromatic heterocycles. The van der Waals surface area contributed by atoms with E-state index in [2.05, 4.69) is 17.2 Å². The lowest BCUT2D eigenvalue weighted by molar-refractivity contribution is -0.128. The number of ether oxygens (including phenoxy) is 1. The Morgan fingerprint density at radius 1 is 1.23 bits per heavy atom. The van der Waals surface area contributed by atoms with Crippen LogP contribution in [0.4, 0.5) is 5.82 Å². The van der Waals surface area contributed by atoms with E-state index in [0.29, 0.717) is 48.2 Å². The van der Waals surface area contributed by atoms with Crippen molar-refractivity contribution in [2.45, 2.75) is 64.3 Å². The van der Waals surface area contributed by atoms with Crippen LogP contribution in [0.15, 0.2) is 59.1 Å². The fraction of sp³-hybridized carbons (Fsp3) is 0.472. The summed E-state index contributed by atoms with van der Waals surface area (Å²) in [6.07, 6.45) is 8.45. The number of allylic oxidation sites excluding steroid dienone is 2. The van der Waals surface area contributed by atoms with Crippen LogP contribution in [-0.4, -0.2) is 76.5 Å². The summed E-state index contributed by atoms with van der Waals surface area (Å²) in [7, 11) is -0.667. The third-order valence-electron chi connectivity index (χ3n) is 8.70. The number of unbranched alkanes of at least 4 members (excludes halogenated alkanes) is 1. The molecule has 3 aromatic rings. The number of carbonyl (C=O) groups excluding carboxylic acids is 2. The first-order valence-corrected chi connectivity index (χ1v) is 18.2. The van der Waals surface area contributed by atoms with Gasteiger partial charge in [-0.25, -0.2) is 8.42 Å². The fourth-order valence-corrected chi connectivity index (χ4v) is 6.75. The van der Waals surface area contributed by atoms with E-state index in [1.807, 2.05) is 50.3 Å². The van der Waals surface area contributed by atoms with Crippen LogP contribution in [0, 0.1) is 12.8 Å². The number of aryl methyl sites for hydroxylation is 1. The van der Waals surface area contributed by atoms with Gasteiger partial charge in [-0.1, -0.05) is 60.6 Å². The van der Waals surface area contributed by atoms with Crippen LogP contribution in [0.3, 0.4) is 0 Å². The Balaban J connectivity index is 1.58. The number of pyridine rings is 1. The van der Waals surface area contributed by atoms with Crippen molar-refractivity contribution in [3.8, 4) is 11.3 Å². The Labute approximate surface area is 283 Å². The quantitative estimate of drug-likeness (QED) is 0.122.